The van der Waals surface area contributed by atoms with Gasteiger partial charge in [-0.15, -0.1) is 0 Å². The van der Waals surface area contributed by atoms with Crippen molar-refractivity contribution in [1.29, 1.82) is 5.26 Å². The summed E-state index contributed by atoms with van der Waals surface area (Å²) in [5.74, 6) is -0.145. The molecule has 124 valence electrons. The predicted octanol–water partition coefficient (Wildman–Crippen LogP) is 1.52. The van der Waals surface area contributed by atoms with Crippen molar-refractivity contribution in [3.05, 3.63) is 53.7 Å². The van der Waals surface area contributed by atoms with Gasteiger partial charge in [0.2, 0.25) is 15.9 Å². The van der Waals surface area contributed by atoms with Gasteiger partial charge in [0.15, 0.2) is 0 Å². The minimum absolute atomic E-state index is 0.0365. The largest absolute Gasteiger partial charge is 0.310 e. The van der Waals surface area contributed by atoms with E-state index in [2.05, 4.69) is 10.3 Å². The first-order chi connectivity index (χ1) is 11.3. The van der Waals surface area contributed by atoms with Gasteiger partial charge in [0.25, 0.3) is 0 Å². The number of likely N-dealkylation sites (N-methyl/N-ethyl adjacent to an activating group) is 1. The molecule has 0 aliphatic heterocycles. The van der Waals surface area contributed by atoms with Crippen molar-refractivity contribution in [2.45, 2.75) is 11.8 Å². The van der Waals surface area contributed by atoms with Crippen LogP contribution in [0.1, 0.15) is 11.3 Å². The van der Waals surface area contributed by atoms with Crippen molar-refractivity contribution in [3.8, 4) is 6.07 Å². The molecule has 0 aliphatic carbocycles. The highest BCUT2D eigenvalue weighted by Crippen LogP contribution is 2.15. The first-order valence-electron chi connectivity index (χ1n) is 7.03. The number of carbonyl (C=O) groups is 1. The van der Waals surface area contributed by atoms with Crippen molar-refractivity contribution < 1.29 is 13.2 Å². The molecule has 0 spiro atoms. The molecular weight excluding hydrogens is 328 g/mol. The second-order valence-corrected chi connectivity index (χ2v) is 7.16. The normalized spacial score (nSPS) is 11.1. The molecule has 0 saturated heterocycles. The Morgan fingerprint density at radius 2 is 2.00 bits per heavy atom. The molecule has 0 radical (unpaired) electrons. The zero-order chi connectivity index (χ0) is 17.7. The van der Waals surface area contributed by atoms with Crippen LogP contribution in [0.5, 0.6) is 0 Å². The van der Waals surface area contributed by atoms with Crippen molar-refractivity contribution in [2.24, 2.45) is 0 Å². The number of sulfonamides is 1. The highest BCUT2D eigenvalue weighted by Gasteiger charge is 2.23. The van der Waals surface area contributed by atoms with Crippen LogP contribution in [-0.4, -0.2) is 37.2 Å². The van der Waals surface area contributed by atoms with E-state index in [1.54, 1.807) is 25.1 Å². The van der Waals surface area contributed by atoms with Crippen molar-refractivity contribution >= 4 is 21.7 Å². The molecule has 0 saturated carbocycles. The van der Waals surface area contributed by atoms with Crippen LogP contribution in [0.4, 0.5) is 5.82 Å². The fourth-order valence-corrected chi connectivity index (χ4v) is 3.16. The Labute approximate surface area is 140 Å². The third-order valence-corrected chi connectivity index (χ3v) is 4.99. The average Bonchev–Trinajstić information content (AvgIpc) is 2.54. The summed E-state index contributed by atoms with van der Waals surface area (Å²) in [6.45, 7) is 1.42. The van der Waals surface area contributed by atoms with Crippen molar-refractivity contribution in [3.63, 3.8) is 0 Å². The van der Waals surface area contributed by atoms with Gasteiger partial charge >= 0.3 is 0 Å². The summed E-state index contributed by atoms with van der Waals surface area (Å²) in [5.41, 5.74) is 0.972. The molecule has 0 fully saturated rings. The smallest absolute Gasteiger partial charge is 0.243 e. The number of aromatic nitrogens is 1. The Kier molecular flexibility index (Phi) is 5.28. The lowest BCUT2D eigenvalue weighted by molar-refractivity contribution is -0.116. The molecule has 1 aromatic carbocycles. The second-order valence-electron chi connectivity index (χ2n) is 5.11. The number of amides is 1. The summed E-state index contributed by atoms with van der Waals surface area (Å²) in [6.07, 6.45) is 0. The van der Waals surface area contributed by atoms with Gasteiger partial charge < -0.3 is 5.32 Å². The molecule has 1 aromatic heterocycles. The maximum absolute atomic E-state index is 12.5. The van der Waals surface area contributed by atoms with E-state index in [1.165, 1.54) is 31.3 Å². The molecule has 0 bridgehead atoms. The number of nitriles is 1. The molecule has 1 N–H and O–H groups in total. The first-order valence-corrected chi connectivity index (χ1v) is 8.47. The summed E-state index contributed by atoms with van der Waals surface area (Å²) in [6, 6.07) is 12.7. The van der Waals surface area contributed by atoms with Crippen LogP contribution in [0.3, 0.4) is 0 Å². The molecule has 7 nitrogen and oxygen atoms in total. The standard InChI is InChI=1S/C16H16N4O3S/c1-12-5-3-8-15(18-12)19-16(21)11-20(2)24(22,23)14-7-4-6-13(9-14)10-17/h3-9H,11H2,1-2H3,(H,18,19,21). The highest BCUT2D eigenvalue weighted by atomic mass is 32.2. The fourth-order valence-electron chi connectivity index (χ4n) is 1.99. The van der Waals surface area contributed by atoms with Gasteiger partial charge in [0.05, 0.1) is 23.1 Å². The lowest BCUT2D eigenvalue weighted by Crippen LogP contribution is -2.35. The van der Waals surface area contributed by atoms with Gasteiger partial charge in [0.1, 0.15) is 5.82 Å². The molecule has 2 aromatic rings. The number of benzene rings is 1. The van der Waals surface area contributed by atoms with E-state index in [0.29, 0.717) is 5.82 Å². The van der Waals surface area contributed by atoms with Crippen molar-refractivity contribution in [2.75, 3.05) is 18.9 Å². The number of pyridine rings is 1. The fraction of sp³-hybridized carbons (Fsp3) is 0.188. The van der Waals surface area contributed by atoms with Crippen molar-refractivity contribution in [1.82, 2.24) is 9.29 Å². The third kappa shape index (κ3) is 4.16. The van der Waals surface area contributed by atoms with E-state index in [4.69, 9.17) is 5.26 Å². The lowest BCUT2D eigenvalue weighted by Gasteiger charge is -2.17. The summed E-state index contributed by atoms with van der Waals surface area (Å²) in [4.78, 5) is 16.1. The zero-order valence-electron chi connectivity index (χ0n) is 13.2. The van der Waals surface area contributed by atoms with Crippen LogP contribution < -0.4 is 5.32 Å². The van der Waals surface area contributed by atoms with E-state index < -0.39 is 15.9 Å². The van der Waals surface area contributed by atoms with E-state index >= 15 is 0 Å². The predicted molar refractivity (Wildman–Crippen MR) is 88.6 cm³/mol. The average molecular weight is 344 g/mol. The summed E-state index contributed by atoms with van der Waals surface area (Å²) in [7, 11) is -2.56. The van der Waals surface area contributed by atoms with Crippen LogP contribution in [0.15, 0.2) is 47.4 Å². The lowest BCUT2D eigenvalue weighted by atomic mass is 10.2. The number of rotatable bonds is 5. The monoisotopic (exact) mass is 344 g/mol. The van der Waals surface area contributed by atoms with E-state index in [9.17, 15) is 13.2 Å². The number of hydrogen-bond acceptors (Lipinski definition) is 5. The molecule has 24 heavy (non-hydrogen) atoms. The molecule has 8 heteroatoms. The number of nitrogens with one attached hydrogen (secondary N) is 1. The quantitative estimate of drug-likeness (QED) is 0.886. The summed E-state index contributed by atoms with van der Waals surface area (Å²) >= 11 is 0. The molecule has 1 amide bonds. The van der Waals surface area contributed by atoms with Gasteiger partial charge in [-0.1, -0.05) is 12.1 Å². The zero-order valence-corrected chi connectivity index (χ0v) is 14.0. The van der Waals surface area contributed by atoms with Crippen LogP contribution in [0.25, 0.3) is 0 Å². The van der Waals surface area contributed by atoms with Crippen LogP contribution in [-0.2, 0) is 14.8 Å². The summed E-state index contributed by atoms with van der Waals surface area (Å²) in [5, 5.41) is 11.4. The Bertz CT molecular complexity index is 904. The Morgan fingerprint density at radius 3 is 2.67 bits per heavy atom. The van der Waals surface area contributed by atoms with Crippen LogP contribution in [0, 0.1) is 18.3 Å². The van der Waals surface area contributed by atoms with Crippen LogP contribution >= 0.6 is 0 Å². The second kappa shape index (κ2) is 7.21. The Hall–Kier alpha value is -2.76. The van der Waals surface area contributed by atoms with Gasteiger partial charge in [-0.2, -0.15) is 9.57 Å². The van der Waals surface area contributed by atoms with E-state index in [1.807, 2.05) is 6.07 Å². The minimum Gasteiger partial charge on any atom is -0.310 e. The minimum atomic E-state index is -3.87. The number of nitrogens with zero attached hydrogens (tertiary/aromatic N) is 3. The molecular formula is C16H16N4O3S. The van der Waals surface area contributed by atoms with Gasteiger partial charge in [-0.05, 0) is 37.3 Å². The molecule has 2 rings (SSSR count). The van der Waals surface area contributed by atoms with Crippen LogP contribution in [0.2, 0.25) is 0 Å². The Morgan fingerprint density at radius 1 is 1.29 bits per heavy atom. The number of carbonyl (C=O) groups excluding carboxylic acids is 1. The number of aryl methyl sites for hydroxylation is 1. The molecule has 1 heterocycles. The maximum atomic E-state index is 12.5. The van der Waals surface area contributed by atoms with E-state index in [0.717, 1.165) is 10.00 Å². The molecule has 0 atom stereocenters. The van der Waals surface area contributed by atoms with E-state index in [-0.39, 0.29) is 17.0 Å². The Balaban J connectivity index is 2.11. The molecule has 0 unspecified atom stereocenters. The maximum Gasteiger partial charge on any atom is 0.243 e. The molecule has 0 aliphatic rings. The summed E-state index contributed by atoms with van der Waals surface area (Å²) < 4.78 is 25.9. The van der Waals surface area contributed by atoms with Gasteiger partial charge in [-0.3, -0.25) is 4.79 Å². The van der Waals surface area contributed by atoms with Gasteiger partial charge in [-0.25, -0.2) is 13.4 Å². The first kappa shape index (κ1) is 17.6. The SMILES string of the molecule is Cc1cccc(NC(=O)CN(C)S(=O)(=O)c2cccc(C#N)c2)n1. The third-order valence-electron chi connectivity index (χ3n) is 3.19. The highest BCUT2D eigenvalue weighted by molar-refractivity contribution is 7.89. The van der Waals surface area contributed by atoms with Gasteiger partial charge in [0, 0.05) is 12.7 Å². The topological polar surface area (TPSA) is 103 Å². The number of hydrogen-bond donors (Lipinski definition) is 1. The number of anilines is 1.